The summed E-state index contributed by atoms with van der Waals surface area (Å²) in [6, 6.07) is 10.7. The van der Waals surface area contributed by atoms with Gasteiger partial charge in [-0.15, -0.1) is 0 Å². The number of benzene rings is 2. The van der Waals surface area contributed by atoms with Gasteiger partial charge in [-0.05, 0) is 31.2 Å². The van der Waals surface area contributed by atoms with E-state index in [1.807, 2.05) is 13.0 Å². The van der Waals surface area contributed by atoms with Gasteiger partial charge in [-0.2, -0.15) is 0 Å². The van der Waals surface area contributed by atoms with Crippen molar-refractivity contribution < 1.29 is 19.0 Å². The number of nitrogens with one attached hydrogen (secondary N) is 1. The number of hydrogen-bond donors (Lipinski definition) is 1. The van der Waals surface area contributed by atoms with Crippen LogP contribution < -0.4 is 19.5 Å². The summed E-state index contributed by atoms with van der Waals surface area (Å²) in [5.41, 5.74) is 2.08. The van der Waals surface area contributed by atoms with Gasteiger partial charge in [0.15, 0.2) is 11.5 Å². The summed E-state index contributed by atoms with van der Waals surface area (Å²) >= 11 is 0. The van der Waals surface area contributed by atoms with E-state index in [0.29, 0.717) is 28.5 Å². The smallest absolute Gasteiger partial charge is 0.259 e. The molecule has 22 heavy (non-hydrogen) atoms. The van der Waals surface area contributed by atoms with Crippen LogP contribution in [0.25, 0.3) is 0 Å². The van der Waals surface area contributed by atoms with E-state index >= 15 is 0 Å². The maximum atomic E-state index is 12.4. The summed E-state index contributed by atoms with van der Waals surface area (Å²) in [5.74, 6) is 1.45. The topological polar surface area (TPSA) is 56.8 Å². The first-order chi connectivity index (χ1) is 10.6. The Morgan fingerprint density at radius 1 is 0.864 bits per heavy atom. The second kappa shape index (κ2) is 6.85. The fourth-order valence-electron chi connectivity index (χ4n) is 2.11. The van der Waals surface area contributed by atoms with Crippen LogP contribution in [-0.4, -0.2) is 27.2 Å². The number of methoxy groups -OCH3 is 3. The molecule has 0 fully saturated rings. The molecule has 0 aromatic heterocycles. The van der Waals surface area contributed by atoms with Gasteiger partial charge in [-0.25, -0.2) is 0 Å². The molecule has 0 saturated carbocycles. The average molecular weight is 301 g/mol. The fourth-order valence-corrected chi connectivity index (χ4v) is 2.11. The third-order valence-electron chi connectivity index (χ3n) is 3.24. The van der Waals surface area contributed by atoms with Crippen LogP contribution in [-0.2, 0) is 0 Å². The van der Waals surface area contributed by atoms with Gasteiger partial charge < -0.3 is 19.5 Å². The molecule has 0 unspecified atom stereocenters. The van der Waals surface area contributed by atoms with Crippen LogP contribution in [0.5, 0.6) is 17.2 Å². The molecule has 5 heteroatoms. The first-order valence-corrected chi connectivity index (χ1v) is 6.77. The molecule has 0 aliphatic rings. The first kappa shape index (κ1) is 15.7. The third-order valence-corrected chi connectivity index (χ3v) is 3.24. The van der Waals surface area contributed by atoms with Crippen molar-refractivity contribution in [3.05, 3.63) is 47.5 Å². The maximum Gasteiger partial charge on any atom is 0.259 e. The molecule has 2 rings (SSSR count). The van der Waals surface area contributed by atoms with E-state index in [4.69, 9.17) is 14.2 Å². The van der Waals surface area contributed by atoms with E-state index in [1.165, 1.54) is 7.11 Å². The molecule has 0 bridgehead atoms. The second-order valence-corrected chi connectivity index (χ2v) is 4.73. The Bertz CT molecular complexity index is 682. The minimum Gasteiger partial charge on any atom is -0.496 e. The van der Waals surface area contributed by atoms with Gasteiger partial charge in [0.05, 0.1) is 26.9 Å². The zero-order chi connectivity index (χ0) is 16.1. The summed E-state index contributed by atoms with van der Waals surface area (Å²) in [6.07, 6.45) is 0. The lowest BCUT2D eigenvalue weighted by Gasteiger charge is -2.12. The molecule has 5 nitrogen and oxygen atoms in total. The number of carbonyl (C=O) groups is 1. The summed E-state index contributed by atoms with van der Waals surface area (Å²) in [4.78, 5) is 12.4. The molecule has 0 aliphatic heterocycles. The molecule has 0 atom stereocenters. The average Bonchev–Trinajstić information content (AvgIpc) is 2.54. The number of amides is 1. The molecular formula is C17H19NO4. The van der Waals surface area contributed by atoms with Crippen LogP contribution in [0, 0.1) is 6.92 Å². The van der Waals surface area contributed by atoms with Crippen molar-refractivity contribution in [3.63, 3.8) is 0 Å². The van der Waals surface area contributed by atoms with E-state index in [9.17, 15) is 4.79 Å². The van der Waals surface area contributed by atoms with Crippen molar-refractivity contribution in [2.75, 3.05) is 26.6 Å². The van der Waals surface area contributed by atoms with Gasteiger partial charge in [0.2, 0.25) is 0 Å². The van der Waals surface area contributed by atoms with Crippen LogP contribution in [0.15, 0.2) is 36.4 Å². The highest BCUT2D eigenvalue weighted by Crippen LogP contribution is 2.30. The lowest BCUT2D eigenvalue weighted by molar-refractivity contribution is 0.102. The number of rotatable bonds is 5. The molecule has 0 heterocycles. The van der Waals surface area contributed by atoms with Crippen molar-refractivity contribution in [2.24, 2.45) is 0 Å². The maximum absolute atomic E-state index is 12.4. The van der Waals surface area contributed by atoms with Crippen LogP contribution in [0.2, 0.25) is 0 Å². The zero-order valence-electron chi connectivity index (χ0n) is 13.1. The Kier molecular flexibility index (Phi) is 4.88. The van der Waals surface area contributed by atoms with Crippen molar-refractivity contribution in [3.8, 4) is 17.2 Å². The lowest BCUT2D eigenvalue weighted by atomic mass is 10.1. The molecule has 0 saturated heterocycles. The van der Waals surface area contributed by atoms with Gasteiger partial charge in [0.1, 0.15) is 5.75 Å². The quantitative estimate of drug-likeness (QED) is 0.921. The van der Waals surface area contributed by atoms with E-state index in [-0.39, 0.29) is 5.91 Å². The summed E-state index contributed by atoms with van der Waals surface area (Å²) in [7, 11) is 4.65. The monoisotopic (exact) mass is 301 g/mol. The highest BCUT2D eigenvalue weighted by atomic mass is 16.5. The number of carbonyl (C=O) groups excluding carboxylic acids is 1. The van der Waals surface area contributed by atoms with E-state index in [2.05, 4.69) is 5.32 Å². The minimum atomic E-state index is -0.243. The van der Waals surface area contributed by atoms with Gasteiger partial charge in [0, 0.05) is 11.8 Å². The van der Waals surface area contributed by atoms with E-state index in [0.717, 1.165) is 5.56 Å². The van der Waals surface area contributed by atoms with Gasteiger partial charge in [-0.3, -0.25) is 4.79 Å². The van der Waals surface area contributed by atoms with Gasteiger partial charge in [-0.1, -0.05) is 11.6 Å². The standard InChI is InChI=1S/C17H19NO4/c1-11-5-7-14(20-2)13(9-11)17(19)18-12-6-8-15(21-3)16(10-12)22-4/h5-10H,1-4H3,(H,18,19). The molecule has 1 N–H and O–H groups in total. The summed E-state index contributed by atoms with van der Waals surface area (Å²) in [5, 5.41) is 2.83. The second-order valence-electron chi connectivity index (χ2n) is 4.73. The van der Waals surface area contributed by atoms with Gasteiger partial charge in [0.25, 0.3) is 5.91 Å². The van der Waals surface area contributed by atoms with Crippen LogP contribution in [0.4, 0.5) is 5.69 Å². The molecule has 0 radical (unpaired) electrons. The SMILES string of the molecule is COc1ccc(NC(=O)c2cc(C)ccc2OC)cc1OC. The van der Waals surface area contributed by atoms with Gasteiger partial charge >= 0.3 is 0 Å². The zero-order valence-corrected chi connectivity index (χ0v) is 13.1. The third kappa shape index (κ3) is 3.31. The van der Waals surface area contributed by atoms with Crippen molar-refractivity contribution in [1.82, 2.24) is 0 Å². The predicted octanol–water partition coefficient (Wildman–Crippen LogP) is 3.27. The highest BCUT2D eigenvalue weighted by molar-refractivity contribution is 6.06. The molecule has 0 aliphatic carbocycles. The Labute approximate surface area is 129 Å². The summed E-state index contributed by atoms with van der Waals surface area (Å²) < 4.78 is 15.6. The largest absolute Gasteiger partial charge is 0.496 e. The van der Waals surface area contributed by atoms with Crippen molar-refractivity contribution in [1.29, 1.82) is 0 Å². The van der Waals surface area contributed by atoms with Crippen molar-refractivity contribution >= 4 is 11.6 Å². The predicted molar refractivity (Wildman–Crippen MR) is 85.2 cm³/mol. The Morgan fingerprint density at radius 2 is 1.50 bits per heavy atom. The number of ether oxygens (including phenoxy) is 3. The normalized spacial score (nSPS) is 10.0. The molecular weight excluding hydrogens is 282 g/mol. The molecule has 2 aromatic rings. The van der Waals surface area contributed by atoms with Crippen molar-refractivity contribution in [2.45, 2.75) is 6.92 Å². The Balaban J connectivity index is 2.27. The number of anilines is 1. The van der Waals surface area contributed by atoms with Crippen LogP contribution in [0.1, 0.15) is 15.9 Å². The molecule has 2 aromatic carbocycles. The van der Waals surface area contributed by atoms with E-state index in [1.54, 1.807) is 44.6 Å². The van der Waals surface area contributed by atoms with Crippen LogP contribution >= 0.6 is 0 Å². The fraction of sp³-hybridized carbons (Fsp3) is 0.235. The minimum absolute atomic E-state index is 0.243. The number of aryl methyl sites for hydroxylation is 1. The molecule has 1 amide bonds. The Hall–Kier alpha value is -2.69. The highest BCUT2D eigenvalue weighted by Gasteiger charge is 2.14. The Morgan fingerprint density at radius 3 is 2.14 bits per heavy atom. The lowest BCUT2D eigenvalue weighted by Crippen LogP contribution is -2.13. The molecule has 116 valence electrons. The molecule has 0 spiro atoms. The van der Waals surface area contributed by atoms with Crippen LogP contribution in [0.3, 0.4) is 0 Å². The van der Waals surface area contributed by atoms with E-state index < -0.39 is 0 Å². The number of hydrogen-bond acceptors (Lipinski definition) is 4. The summed E-state index contributed by atoms with van der Waals surface area (Å²) in [6.45, 7) is 1.92. The first-order valence-electron chi connectivity index (χ1n) is 6.77.